The molecule has 2 aromatic carbocycles. The number of fused-ring (bicyclic) bond motifs is 1. The van der Waals surface area contributed by atoms with E-state index in [1.165, 1.54) is 25.9 Å². The lowest BCUT2D eigenvalue weighted by molar-refractivity contribution is 0.318. The standard InChI is InChI=1S/C26H28N4O2/c1-19-5-7-23(25(15-19)32-2)20-9-12-29(26(31)17-20)22-6-8-24-21(16-22)18-27-30(24)14-13-28-10-3-4-11-28/h5-9,12,15-18H,3-4,10-11,13-14H2,1-2H3. The predicted molar refractivity (Wildman–Crippen MR) is 128 cm³/mol. The Hall–Kier alpha value is -3.38. The number of nitrogens with zero attached hydrogens (tertiary/aromatic N) is 4. The summed E-state index contributed by atoms with van der Waals surface area (Å²) in [5.74, 6) is 0.768. The lowest BCUT2D eigenvalue weighted by Crippen LogP contribution is -2.24. The fourth-order valence-electron chi connectivity index (χ4n) is 4.54. The summed E-state index contributed by atoms with van der Waals surface area (Å²) in [4.78, 5) is 15.5. The van der Waals surface area contributed by atoms with Gasteiger partial charge in [-0.15, -0.1) is 0 Å². The van der Waals surface area contributed by atoms with Crippen molar-refractivity contribution in [2.75, 3.05) is 26.7 Å². The number of hydrogen-bond donors (Lipinski definition) is 0. The highest BCUT2D eigenvalue weighted by Crippen LogP contribution is 2.30. The van der Waals surface area contributed by atoms with Crippen molar-refractivity contribution in [1.29, 1.82) is 0 Å². The molecule has 0 bridgehead atoms. The van der Waals surface area contributed by atoms with Crippen molar-refractivity contribution < 1.29 is 4.74 Å². The van der Waals surface area contributed by atoms with E-state index in [4.69, 9.17) is 4.74 Å². The van der Waals surface area contributed by atoms with E-state index in [-0.39, 0.29) is 5.56 Å². The summed E-state index contributed by atoms with van der Waals surface area (Å²) < 4.78 is 9.25. The molecule has 4 aromatic rings. The van der Waals surface area contributed by atoms with Crippen LogP contribution in [0, 0.1) is 6.92 Å². The van der Waals surface area contributed by atoms with Crippen LogP contribution in [-0.2, 0) is 6.54 Å². The number of aryl methyl sites for hydroxylation is 1. The highest BCUT2D eigenvalue weighted by molar-refractivity contribution is 5.81. The van der Waals surface area contributed by atoms with Gasteiger partial charge < -0.3 is 9.64 Å². The van der Waals surface area contributed by atoms with E-state index in [9.17, 15) is 4.79 Å². The molecular formula is C26H28N4O2. The molecule has 0 atom stereocenters. The third kappa shape index (κ3) is 3.94. The second kappa shape index (κ2) is 8.63. The van der Waals surface area contributed by atoms with E-state index >= 15 is 0 Å². The molecule has 0 N–H and O–H groups in total. The van der Waals surface area contributed by atoms with Gasteiger partial charge >= 0.3 is 0 Å². The quantitative estimate of drug-likeness (QED) is 0.460. The molecule has 0 saturated carbocycles. The number of pyridine rings is 1. The number of likely N-dealkylation sites (tertiary alicyclic amines) is 1. The molecule has 0 spiro atoms. The van der Waals surface area contributed by atoms with Gasteiger partial charge in [0.05, 0.1) is 25.4 Å². The molecule has 6 heteroatoms. The van der Waals surface area contributed by atoms with Gasteiger partial charge in [0.15, 0.2) is 0 Å². The van der Waals surface area contributed by atoms with Crippen LogP contribution >= 0.6 is 0 Å². The fourth-order valence-corrected chi connectivity index (χ4v) is 4.54. The maximum Gasteiger partial charge on any atom is 0.255 e. The van der Waals surface area contributed by atoms with Crippen LogP contribution < -0.4 is 10.3 Å². The van der Waals surface area contributed by atoms with E-state index < -0.39 is 0 Å². The zero-order valence-corrected chi connectivity index (χ0v) is 18.6. The van der Waals surface area contributed by atoms with Crippen LogP contribution in [0.25, 0.3) is 27.7 Å². The largest absolute Gasteiger partial charge is 0.496 e. The molecular weight excluding hydrogens is 400 g/mol. The Morgan fingerprint density at radius 3 is 2.62 bits per heavy atom. The average Bonchev–Trinajstić information content (AvgIpc) is 3.47. The Kier molecular flexibility index (Phi) is 5.53. The van der Waals surface area contributed by atoms with Crippen molar-refractivity contribution in [2.45, 2.75) is 26.3 Å². The zero-order valence-electron chi connectivity index (χ0n) is 18.6. The zero-order chi connectivity index (χ0) is 22.1. The maximum atomic E-state index is 13.0. The number of benzene rings is 2. The van der Waals surface area contributed by atoms with Crippen LogP contribution in [0.1, 0.15) is 18.4 Å². The van der Waals surface area contributed by atoms with Crippen molar-refractivity contribution in [3.63, 3.8) is 0 Å². The van der Waals surface area contributed by atoms with Gasteiger partial charge in [-0.1, -0.05) is 12.1 Å². The van der Waals surface area contributed by atoms with Gasteiger partial charge in [-0.25, -0.2) is 0 Å². The molecule has 1 aliphatic rings. The van der Waals surface area contributed by atoms with E-state index in [1.807, 2.05) is 55.7 Å². The number of aromatic nitrogens is 3. The molecule has 1 aliphatic heterocycles. The van der Waals surface area contributed by atoms with Crippen LogP contribution in [-0.4, -0.2) is 46.0 Å². The molecule has 1 fully saturated rings. The van der Waals surface area contributed by atoms with Crippen LogP contribution in [0.2, 0.25) is 0 Å². The first-order valence-corrected chi connectivity index (χ1v) is 11.2. The molecule has 2 aromatic heterocycles. The third-order valence-electron chi connectivity index (χ3n) is 6.32. The predicted octanol–water partition coefficient (Wildman–Crippen LogP) is 4.27. The first-order chi connectivity index (χ1) is 15.6. The van der Waals surface area contributed by atoms with E-state index in [0.717, 1.165) is 52.1 Å². The SMILES string of the molecule is COc1cc(C)ccc1-c1ccn(-c2ccc3c(cnn3CCN3CCCC3)c2)c(=O)c1. The first kappa shape index (κ1) is 20.5. The van der Waals surface area contributed by atoms with E-state index in [0.29, 0.717) is 0 Å². The van der Waals surface area contributed by atoms with Gasteiger partial charge in [-0.05, 0) is 74.3 Å². The summed E-state index contributed by atoms with van der Waals surface area (Å²) in [6.07, 6.45) is 6.32. The van der Waals surface area contributed by atoms with Crippen molar-refractivity contribution in [2.24, 2.45) is 0 Å². The molecule has 5 rings (SSSR count). The molecule has 0 amide bonds. The van der Waals surface area contributed by atoms with Gasteiger partial charge in [0.2, 0.25) is 0 Å². The highest BCUT2D eigenvalue weighted by atomic mass is 16.5. The minimum absolute atomic E-state index is 0.0779. The van der Waals surface area contributed by atoms with Crippen molar-refractivity contribution >= 4 is 10.9 Å². The molecule has 32 heavy (non-hydrogen) atoms. The first-order valence-electron chi connectivity index (χ1n) is 11.2. The highest BCUT2D eigenvalue weighted by Gasteiger charge is 2.13. The molecule has 3 heterocycles. The number of ether oxygens (including phenoxy) is 1. The minimum Gasteiger partial charge on any atom is -0.496 e. The van der Waals surface area contributed by atoms with Gasteiger partial charge in [0.1, 0.15) is 5.75 Å². The number of rotatable bonds is 6. The van der Waals surface area contributed by atoms with Gasteiger partial charge in [-0.3, -0.25) is 14.0 Å². The molecule has 0 aliphatic carbocycles. The summed E-state index contributed by atoms with van der Waals surface area (Å²) in [5, 5.41) is 5.62. The maximum absolute atomic E-state index is 13.0. The summed E-state index contributed by atoms with van der Waals surface area (Å²) in [6.45, 7) is 6.32. The van der Waals surface area contributed by atoms with Crippen molar-refractivity contribution in [1.82, 2.24) is 19.2 Å². The Balaban J connectivity index is 1.42. The van der Waals surface area contributed by atoms with Crippen LogP contribution in [0.4, 0.5) is 0 Å². The second-order valence-corrected chi connectivity index (χ2v) is 8.49. The lowest BCUT2D eigenvalue weighted by Gasteiger charge is -2.14. The summed E-state index contributed by atoms with van der Waals surface area (Å²) in [5.41, 5.74) is 4.74. The fraction of sp³-hybridized carbons (Fsp3) is 0.308. The second-order valence-electron chi connectivity index (χ2n) is 8.49. The van der Waals surface area contributed by atoms with E-state index in [1.54, 1.807) is 17.7 Å². The van der Waals surface area contributed by atoms with Gasteiger partial charge in [0, 0.05) is 35.4 Å². The van der Waals surface area contributed by atoms with Crippen LogP contribution in [0.3, 0.4) is 0 Å². The summed E-state index contributed by atoms with van der Waals surface area (Å²) in [7, 11) is 1.65. The molecule has 6 nitrogen and oxygen atoms in total. The van der Waals surface area contributed by atoms with Crippen LogP contribution in [0.15, 0.2) is 65.7 Å². The van der Waals surface area contributed by atoms with Crippen LogP contribution in [0.5, 0.6) is 5.75 Å². The smallest absolute Gasteiger partial charge is 0.255 e. The molecule has 164 valence electrons. The molecule has 0 unspecified atom stereocenters. The Labute approximate surface area is 187 Å². The third-order valence-corrected chi connectivity index (χ3v) is 6.32. The Morgan fingerprint density at radius 1 is 1.00 bits per heavy atom. The van der Waals surface area contributed by atoms with Gasteiger partial charge in [-0.2, -0.15) is 5.10 Å². The molecule has 1 saturated heterocycles. The number of hydrogen-bond acceptors (Lipinski definition) is 4. The minimum atomic E-state index is -0.0779. The Bertz CT molecular complexity index is 1320. The molecule has 0 radical (unpaired) electrons. The summed E-state index contributed by atoms with van der Waals surface area (Å²) >= 11 is 0. The Morgan fingerprint density at radius 2 is 1.84 bits per heavy atom. The lowest BCUT2D eigenvalue weighted by atomic mass is 10.0. The van der Waals surface area contributed by atoms with E-state index in [2.05, 4.69) is 20.7 Å². The monoisotopic (exact) mass is 428 g/mol. The van der Waals surface area contributed by atoms with Crippen molar-refractivity contribution in [3.05, 3.63) is 76.8 Å². The summed E-state index contributed by atoms with van der Waals surface area (Å²) in [6, 6.07) is 15.7. The topological polar surface area (TPSA) is 52.3 Å². The number of methoxy groups -OCH3 is 1. The van der Waals surface area contributed by atoms with Gasteiger partial charge in [0.25, 0.3) is 5.56 Å². The normalized spacial score (nSPS) is 14.3. The van der Waals surface area contributed by atoms with Crippen molar-refractivity contribution in [3.8, 4) is 22.6 Å². The average molecular weight is 429 g/mol.